The fourth-order valence-electron chi connectivity index (χ4n) is 3.66. The molecule has 1 aromatic heterocycles. The summed E-state index contributed by atoms with van der Waals surface area (Å²) >= 11 is 0. The second kappa shape index (κ2) is 7.79. The van der Waals surface area contributed by atoms with E-state index in [0.29, 0.717) is 24.3 Å². The molecular weight excluding hydrogens is 390 g/mol. The molecule has 1 N–H and O–H groups in total. The van der Waals surface area contributed by atoms with Gasteiger partial charge in [0.15, 0.2) is 0 Å². The average Bonchev–Trinajstić information content (AvgIpc) is 3.11. The minimum atomic E-state index is -3.24. The van der Waals surface area contributed by atoms with Crippen molar-refractivity contribution in [2.24, 2.45) is 0 Å². The maximum atomic E-state index is 12.5. The van der Waals surface area contributed by atoms with Crippen LogP contribution in [0.5, 0.6) is 5.75 Å². The number of nitrogens with zero attached hydrogens (tertiary/aromatic N) is 2. The number of anilines is 2. The van der Waals surface area contributed by atoms with Crippen molar-refractivity contribution < 1.29 is 17.9 Å². The molecule has 4 rings (SSSR count). The molecule has 2 heterocycles. The van der Waals surface area contributed by atoms with E-state index >= 15 is 0 Å². The number of benzene rings is 2. The Balaban J connectivity index is 1.45. The Hall–Kier alpha value is -3.00. The van der Waals surface area contributed by atoms with Gasteiger partial charge in [-0.1, -0.05) is 6.07 Å². The summed E-state index contributed by atoms with van der Waals surface area (Å²) in [5, 5.41) is 3.82. The van der Waals surface area contributed by atoms with Gasteiger partial charge in [0.1, 0.15) is 12.3 Å². The SMILES string of the molecule is COc1cccc2c1ccn2CC(=O)Nc1ccc(N2CCCCS2(=O)=O)cc1. The zero-order valence-electron chi connectivity index (χ0n) is 16.2. The number of nitrogens with one attached hydrogen (secondary N) is 1. The first-order valence-corrected chi connectivity index (χ1v) is 11.1. The number of ether oxygens (including phenoxy) is 1. The van der Waals surface area contributed by atoms with Crippen molar-refractivity contribution in [3.8, 4) is 5.75 Å². The highest BCUT2D eigenvalue weighted by molar-refractivity contribution is 7.92. The summed E-state index contributed by atoms with van der Waals surface area (Å²) < 4.78 is 33.1. The molecular formula is C21H23N3O4S. The normalized spacial score (nSPS) is 16.0. The van der Waals surface area contributed by atoms with E-state index in [1.165, 1.54) is 4.31 Å². The molecule has 0 atom stereocenters. The lowest BCUT2D eigenvalue weighted by Gasteiger charge is -2.28. The van der Waals surface area contributed by atoms with Crippen molar-refractivity contribution in [3.63, 3.8) is 0 Å². The van der Waals surface area contributed by atoms with Crippen LogP contribution in [0.3, 0.4) is 0 Å². The van der Waals surface area contributed by atoms with Crippen LogP contribution in [0.25, 0.3) is 10.9 Å². The number of hydrogen-bond acceptors (Lipinski definition) is 4. The van der Waals surface area contributed by atoms with Gasteiger partial charge < -0.3 is 14.6 Å². The lowest BCUT2D eigenvalue weighted by atomic mass is 10.2. The Bertz CT molecular complexity index is 1140. The van der Waals surface area contributed by atoms with Crippen molar-refractivity contribution in [2.75, 3.05) is 29.0 Å². The molecule has 2 aromatic carbocycles. The largest absolute Gasteiger partial charge is 0.496 e. The number of rotatable bonds is 5. The van der Waals surface area contributed by atoms with Gasteiger partial charge >= 0.3 is 0 Å². The molecule has 1 amide bonds. The van der Waals surface area contributed by atoms with Crippen LogP contribution in [0.4, 0.5) is 11.4 Å². The summed E-state index contributed by atoms with van der Waals surface area (Å²) in [7, 11) is -1.62. The van der Waals surface area contributed by atoms with Gasteiger partial charge in [-0.15, -0.1) is 0 Å². The number of aromatic nitrogens is 1. The summed E-state index contributed by atoms with van der Waals surface area (Å²) in [6.07, 6.45) is 3.41. The number of hydrogen-bond donors (Lipinski definition) is 1. The van der Waals surface area contributed by atoms with Crippen LogP contribution in [0, 0.1) is 0 Å². The zero-order valence-corrected chi connectivity index (χ0v) is 17.0. The Kier molecular flexibility index (Phi) is 5.19. The van der Waals surface area contributed by atoms with E-state index in [9.17, 15) is 13.2 Å². The van der Waals surface area contributed by atoms with Gasteiger partial charge in [0, 0.05) is 23.8 Å². The standard InChI is InChI=1S/C21H23N3O4S/c1-28-20-6-4-5-19-18(20)11-13-23(19)15-21(25)22-16-7-9-17(10-8-16)24-12-2-3-14-29(24,26)27/h4-11,13H,2-3,12,14-15H2,1H3,(H,22,25). The van der Waals surface area contributed by atoms with Crippen molar-refractivity contribution >= 4 is 38.2 Å². The highest BCUT2D eigenvalue weighted by atomic mass is 32.2. The maximum Gasteiger partial charge on any atom is 0.244 e. The smallest absolute Gasteiger partial charge is 0.244 e. The lowest BCUT2D eigenvalue weighted by Crippen LogP contribution is -2.37. The molecule has 1 fully saturated rings. The quantitative estimate of drug-likeness (QED) is 0.696. The van der Waals surface area contributed by atoms with E-state index < -0.39 is 10.0 Å². The van der Waals surface area contributed by atoms with Crippen molar-refractivity contribution in [3.05, 3.63) is 54.7 Å². The molecule has 0 radical (unpaired) electrons. The van der Waals surface area contributed by atoms with E-state index in [1.54, 1.807) is 31.4 Å². The number of amides is 1. The minimum absolute atomic E-state index is 0.163. The predicted molar refractivity (Wildman–Crippen MR) is 114 cm³/mol. The van der Waals surface area contributed by atoms with Gasteiger partial charge in [0.2, 0.25) is 15.9 Å². The van der Waals surface area contributed by atoms with Crippen molar-refractivity contribution in [1.82, 2.24) is 4.57 Å². The third-order valence-corrected chi connectivity index (χ3v) is 6.97. The van der Waals surface area contributed by atoms with Crippen LogP contribution in [0.1, 0.15) is 12.8 Å². The molecule has 29 heavy (non-hydrogen) atoms. The van der Waals surface area contributed by atoms with E-state index in [2.05, 4.69) is 5.32 Å². The number of sulfonamides is 1. The van der Waals surface area contributed by atoms with E-state index in [-0.39, 0.29) is 18.2 Å². The third kappa shape index (κ3) is 3.93. The average molecular weight is 413 g/mol. The third-order valence-electron chi connectivity index (χ3n) is 5.10. The molecule has 0 saturated carbocycles. The fourth-order valence-corrected chi connectivity index (χ4v) is 5.30. The van der Waals surface area contributed by atoms with Gasteiger partial charge in [-0.25, -0.2) is 8.42 Å². The fraction of sp³-hybridized carbons (Fsp3) is 0.286. The van der Waals surface area contributed by atoms with Crippen molar-refractivity contribution in [2.45, 2.75) is 19.4 Å². The molecule has 0 bridgehead atoms. The summed E-state index contributed by atoms with van der Waals surface area (Å²) in [4.78, 5) is 12.5. The minimum Gasteiger partial charge on any atom is -0.496 e. The first-order chi connectivity index (χ1) is 14.0. The van der Waals surface area contributed by atoms with Crippen LogP contribution < -0.4 is 14.4 Å². The molecule has 7 nitrogen and oxygen atoms in total. The summed E-state index contributed by atoms with van der Waals surface area (Å²) in [6, 6.07) is 14.6. The van der Waals surface area contributed by atoms with Gasteiger partial charge in [0.25, 0.3) is 0 Å². The first kappa shape index (κ1) is 19.3. The van der Waals surface area contributed by atoms with Crippen LogP contribution in [-0.2, 0) is 21.4 Å². The highest BCUT2D eigenvalue weighted by Crippen LogP contribution is 2.27. The Labute approximate surface area is 169 Å². The van der Waals surface area contributed by atoms with Crippen LogP contribution in [0.15, 0.2) is 54.7 Å². The van der Waals surface area contributed by atoms with Crippen LogP contribution in [-0.4, -0.2) is 38.3 Å². The topological polar surface area (TPSA) is 80.6 Å². The second-order valence-corrected chi connectivity index (χ2v) is 9.04. The molecule has 3 aromatic rings. The van der Waals surface area contributed by atoms with Gasteiger partial charge in [-0.2, -0.15) is 0 Å². The Morgan fingerprint density at radius 3 is 2.62 bits per heavy atom. The Morgan fingerprint density at radius 1 is 1.10 bits per heavy atom. The highest BCUT2D eigenvalue weighted by Gasteiger charge is 2.25. The molecule has 152 valence electrons. The Morgan fingerprint density at radius 2 is 1.90 bits per heavy atom. The summed E-state index contributed by atoms with van der Waals surface area (Å²) in [5.74, 6) is 0.787. The second-order valence-electron chi connectivity index (χ2n) is 7.03. The summed E-state index contributed by atoms with van der Waals surface area (Å²) in [6.45, 7) is 0.664. The lowest BCUT2D eigenvalue weighted by molar-refractivity contribution is -0.116. The van der Waals surface area contributed by atoms with E-state index in [1.807, 2.05) is 35.0 Å². The van der Waals surface area contributed by atoms with E-state index in [0.717, 1.165) is 23.1 Å². The van der Waals surface area contributed by atoms with Gasteiger partial charge in [-0.05, 0) is 55.3 Å². The molecule has 0 unspecified atom stereocenters. The van der Waals surface area contributed by atoms with E-state index in [4.69, 9.17) is 4.74 Å². The molecule has 8 heteroatoms. The number of methoxy groups -OCH3 is 1. The van der Waals surface area contributed by atoms with Crippen molar-refractivity contribution in [1.29, 1.82) is 0 Å². The van der Waals surface area contributed by atoms with Crippen LogP contribution in [0.2, 0.25) is 0 Å². The number of carbonyl (C=O) groups is 1. The molecule has 0 aliphatic carbocycles. The number of carbonyl (C=O) groups excluding carboxylic acids is 1. The molecule has 1 aliphatic rings. The van der Waals surface area contributed by atoms with Crippen LogP contribution >= 0.6 is 0 Å². The van der Waals surface area contributed by atoms with Gasteiger partial charge in [-0.3, -0.25) is 9.10 Å². The molecule has 0 spiro atoms. The first-order valence-electron chi connectivity index (χ1n) is 9.50. The predicted octanol–water partition coefficient (Wildman–Crippen LogP) is 3.22. The molecule has 1 saturated heterocycles. The monoisotopic (exact) mass is 413 g/mol. The van der Waals surface area contributed by atoms with Gasteiger partial charge in [0.05, 0.1) is 24.1 Å². The summed E-state index contributed by atoms with van der Waals surface area (Å²) in [5.41, 5.74) is 2.18. The number of fused-ring (bicyclic) bond motifs is 1. The zero-order chi connectivity index (χ0) is 20.4. The molecule has 1 aliphatic heterocycles. The maximum absolute atomic E-state index is 12.5.